The second-order valence-corrected chi connectivity index (χ2v) is 12.1. The number of aliphatic hydroxyl groups is 1. The molecule has 214 valence electrons. The number of fused-ring (bicyclic) bond motifs is 1. The number of ether oxygens (including phenoxy) is 2. The minimum Gasteiger partial charge on any atom is -0.507 e. The van der Waals surface area contributed by atoms with E-state index in [1.807, 2.05) is 13.8 Å². The Balaban J connectivity index is 1.39. The molecule has 1 saturated heterocycles. The van der Waals surface area contributed by atoms with E-state index in [2.05, 4.69) is 10.2 Å². The molecule has 2 atom stereocenters. The van der Waals surface area contributed by atoms with Crippen molar-refractivity contribution < 1.29 is 28.6 Å². The highest BCUT2D eigenvalue weighted by Gasteiger charge is 2.48. The molecule has 4 aromatic rings. The molecule has 0 spiro atoms. The molecule has 1 amide bonds. The molecule has 2 unspecified atom stereocenters. The Hall–Kier alpha value is -4.22. The number of amides is 1. The van der Waals surface area contributed by atoms with Gasteiger partial charge in [-0.15, -0.1) is 10.2 Å². The molecule has 1 aromatic heterocycles. The van der Waals surface area contributed by atoms with Crippen LogP contribution in [0.1, 0.15) is 42.1 Å². The fourth-order valence-corrected chi connectivity index (χ4v) is 6.92. The van der Waals surface area contributed by atoms with Gasteiger partial charge in [-0.3, -0.25) is 14.5 Å². The van der Waals surface area contributed by atoms with Gasteiger partial charge in [0.25, 0.3) is 5.78 Å². The minimum atomic E-state index is -0.961. The lowest BCUT2D eigenvalue weighted by Gasteiger charge is -2.23. The highest BCUT2D eigenvalue weighted by atomic mass is 32.2. The van der Waals surface area contributed by atoms with E-state index in [4.69, 9.17) is 9.47 Å². The van der Waals surface area contributed by atoms with Crippen LogP contribution in [0.2, 0.25) is 0 Å². The first-order chi connectivity index (χ1) is 20.3. The number of nitrogens with zero attached hydrogens (tertiary/aromatic N) is 3. The van der Waals surface area contributed by atoms with Crippen LogP contribution in [0.3, 0.4) is 0 Å². The van der Waals surface area contributed by atoms with Gasteiger partial charge in [-0.1, -0.05) is 47.4 Å². The van der Waals surface area contributed by atoms with Gasteiger partial charge < -0.3 is 14.6 Å². The fraction of sp³-hybridized carbons (Fsp3) is 0.226. The first-order valence-corrected chi connectivity index (χ1v) is 15.2. The zero-order valence-corrected chi connectivity index (χ0v) is 24.4. The van der Waals surface area contributed by atoms with Gasteiger partial charge in [0.15, 0.2) is 4.34 Å². The summed E-state index contributed by atoms with van der Waals surface area (Å²) in [7, 11) is 0. The first-order valence-electron chi connectivity index (χ1n) is 13.4. The van der Waals surface area contributed by atoms with Crippen molar-refractivity contribution in [3.8, 4) is 11.5 Å². The predicted octanol–water partition coefficient (Wildman–Crippen LogP) is 6.32. The predicted molar refractivity (Wildman–Crippen MR) is 158 cm³/mol. The molecule has 42 heavy (non-hydrogen) atoms. The summed E-state index contributed by atoms with van der Waals surface area (Å²) in [6.45, 7) is 4.26. The molecular weight excluding hydrogens is 577 g/mol. The van der Waals surface area contributed by atoms with E-state index < -0.39 is 17.7 Å². The standard InChI is InChI=1S/C31H26FN3O5S2/c1-3-39-23-6-4-5-19(15-23)26-25(27(36)20-9-12-24-21(14-20)13-17(2)40-24)28(37)29(38)35(26)30-33-34-31(42-30)41-16-18-7-10-22(32)11-8-18/h4-12,14-15,17,26,36H,3,13,16H2,1-2H3/b27-25-. The van der Waals surface area contributed by atoms with Gasteiger partial charge in [0, 0.05) is 17.7 Å². The number of aliphatic hydroxyl groups excluding tert-OH is 1. The molecule has 8 nitrogen and oxygen atoms in total. The molecule has 0 bridgehead atoms. The Morgan fingerprint density at radius 3 is 2.74 bits per heavy atom. The van der Waals surface area contributed by atoms with Crippen LogP contribution in [0.4, 0.5) is 9.52 Å². The quantitative estimate of drug-likeness (QED) is 0.0821. The van der Waals surface area contributed by atoms with E-state index in [0.29, 0.717) is 40.0 Å². The number of ketones is 1. The van der Waals surface area contributed by atoms with Crippen LogP contribution in [0.5, 0.6) is 11.5 Å². The van der Waals surface area contributed by atoms with Crippen molar-refractivity contribution in [3.63, 3.8) is 0 Å². The van der Waals surface area contributed by atoms with Gasteiger partial charge in [-0.05, 0) is 73.0 Å². The van der Waals surface area contributed by atoms with E-state index in [-0.39, 0.29) is 28.4 Å². The number of aromatic nitrogens is 2. The van der Waals surface area contributed by atoms with Crippen molar-refractivity contribution in [2.45, 2.75) is 42.5 Å². The second kappa shape index (κ2) is 11.6. The molecule has 1 fully saturated rings. The average Bonchev–Trinajstić information content (AvgIpc) is 3.67. The van der Waals surface area contributed by atoms with Crippen LogP contribution in [-0.2, 0) is 21.8 Å². The van der Waals surface area contributed by atoms with Gasteiger partial charge in [-0.25, -0.2) is 4.39 Å². The molecule has 11 heteroatoms. The number of carbonyl (C=O) groups is 2. The van der Waals surface area contributed by atoms with E-state index in [1.165, 1.54) is 28.8 Å². The highest BCUT2D eigenvalue weighted by molar-refractivity contribution is 8.00. The average molecular weight is 604 g/mol. The number of benzene rings is 3. The number of rotatable bonds is 8. The summed E-state index contributed by atoms with van der Waals surface area (Å²) in [5.74, 6) is -0.396. The third-order valence-electron chi connectivity index (χ3n) is 6.98. The number of hydrogen-bond acceptors (Lipinski definition) is 9. The first kappa shape index (κ1) is 27.9. The van der Waals surface area contributed by atoms with E-state index in [9.17, 15) is 19.1 Å². The van der Waals surface area contributed by atoms with Crippen LogP contribution in [0.25, 0.3) is 5.76 Å². The van der Waals surface area contributed by atoms with Crippen molar-refractivity contribution in [3.05, 3.63) is 100 Å². The number of halogens is 1. The summed E-state index contributed by atoms with van der Waals surface area (Å²) in [6, 6.07) is 17.6. The van der Waals surface area contributed by atoms with Crippen LogP contribution in [0.15, 0.2) is 76.6 Å². The van der Waals surface area contributed by atoms with Gasteiger partial charge in [0.05, 0.1) is 18.2 Å². The Kier molecular flexibility index (Phi) is 7.70. The minimum absolute atomic E-state index is 0.0109. The van der Waals surface area contributed by atoms with Crippen LogP contribution >= 0.6 is 23.1 Å². The van der Waals surface area contributed by atoms with E-state index in [0.717, 1.165) is 28.2 Å². The Morgan fingerprint density at radius 1 is 1.14 bits per heavy atom. The SMILES string of the molecule is CCOc1cccc(C2/C(=C(/O)c3ccc4c(c3)CC(C)O4)C(=O)C(=O)N2c2nnc(SCc3ccc(F)cc3)s2)c1. The lowest BCUT2D eigenvalue weighted by molar-refractivity contribution is -0.132. The number of anilines is 1. The molecule has 2 aliphatic rings. The summed E-state index contributed by atoms with van der Waals surface area (Å²) < 4.78 is 25.3. The van der Waals surface area contributed by atoms with Crippen LogP contribution in [0, 0.1) is 5.82 Å². The maximum Gasteiger partial charge on any atom is 0.301 e. The topological polar surface area (TPSA) is 102 Å². The molecule has 2 aliphatic heterocycles. The number of carbonyl (C=O) groups excluding carboxylic acids is 2. The Bertz CT molecular complexity index is 1700. The lowest BCUT2D eigenvalue weighted by atomic mass is 9.94. The van der Waals surface area contributed by atoms with Crippen molar-refractivity contribution in [1.82, 2.24) is 10.2 Å². The number of Topliss-reactive ketones (excluding diaryl/α,β-unsaturated/α-hetero) is 1. The van der Waals surface area contributed by atoms with Crippen molar-refractivity contribution in [2.75, 3.05) is 11.5 Å². The third-order valence-corrected chi connectivity index (χ3v) is 9.10. The van der Waals surface area contributed by atoms with Gasteiger partial charge >= 0.3 is 5.91 Å². The Labute approximate surface area is 249 Å². The monoisotopic (exact) mass is 603 g/mol. The smallest absolute Gasteiger partial charge is 0.301 e. The molecule has 3 heterocycles. The zero-order chi connectivity index (χ0) is 29.4. The maximum absolute atomic E-state index is 13.6. The van der Waals surface area contributed by atoms with Crippen LogP contribution < -0.4 is 14.4 Å². The molecule has 0 aliphatic carbocycles. The normalized spacial score (nSPS) is 19.2. The van der Waals surface area contributed by atoms with Gasteiger partial charge in [0.1, 0.15) is 29.2 Å². The molecule has 0 radical (unpaired) electrons. The molecule has 0 saturated carbocycles. The molecule has 3 aromatic carbocycles. The Morgan fingerprint density at radius 2 is 1.95 bits per heavy atom. The summed E-state index contributed by atoms with van der Waals surface area (Å²) in [5.41, 5.74) is 2.78. The lowest BCUT2D eigenvalue weighted by Crippen LogP contribution is -2.29. The largest absolute Gasteiger partial charge is 0.507 e. The van der Waals surface area contributed by atoms with Crippen molar-refractivity contribution >= 4 is 45.7 Å². The molecule has 1 N–H and O–H groups in total. The van der Waals surface area contributed by atoms with E-state index >= 15 is 0 Å². The number of thioether (sulfide) groups is 1. The molecular formula is C31H26FN3O5S2. The van der Waals surface area contributed by atoms with Crippen molar-refractivity contribution in [1.29, 1.82) is 0 Å². The number of hydrogen-bond donors (Lipinski definition) is 1. The summed E-state index contributed by atoms with van der Waals surface area (Å²) in [6.07, 6.45) is 0.685. The van der Waals surface area contributed by atoms with E-state index in [1.54, 1.807) is 54.6 Å². The van der Waals surface area contributed by atoms with Gasteiger partial charge in [-0.2, -0.15) is 0 Å². The summed E-state index contributed by atoms with van der Waals surface area (Å²) in [4.78, 5) is 28.4. The molecule has 6 rings (SSSR count). The fourth-order valence-electron chi connectivity index (χ4n) is 5.10. The zero-order valence-electron chi connectivity index (χ0n) is 22.7. The van der Waals surface area contributed by atoms with Gasteiger partial charge in [0.2, 0.25) is 5.13 Å². The summed E-state index contributed by atoms with van der Waals surface area (Å²) in [5, 5.41) is 20.3. The van der Waals surface area contributed by atoms with Crippen molar-refractivity contribution in [2.24, 2.45) is 0 Å². The highest BCUT2D eigenvalue weighted by Crippen LogP contribution is 2.45. The van der Waals surface area contributed by atoms with Crippen LogP contribution in [-0.4, -0.2) is 39.7 Å². The maximum atomic E-state index is 13.6. The summed E-state index contributed by atoms with van der Waals surface area (Å²) >= 11 is 2.55. The second-order valence-electron chi connectivity index (χ2n) is 9.90. The third kappa shape index (κ3) is 5.37.